The van der Waals surface area contributed by atoms with Gasteiger partial charge < -0.3 is 14.8 Å². The summed E-state index contributed by atoms with van der Waals surface area (Å²) >= 11 is 0. The quantitative estimate of drug-likeness (QED) is 0.526. The number of nitrogens with zero attached hydrogens (tertiary/aromatic N) is 2. The average molecular weight is 440 g/mol. The summed E-state index contributed by atoms with van der Waals surface area (Å²) in [4.78, 5) is 17.3. The molecule has 1 aliphatic rings. The molecule has 0 radical (unpaired) electrons. The zero-order valence-electron chi connectivity index (χ0n) is 18.9. The van der Waals surface area contributed by atoms with Crippen LogP contribution in [-0.4, -0.2) is 25.7 Å². The van der Waals surface area contributed by atoms with Crippen LogP contribution >= 0.6 is 0 Å². The maximum absolute atomic E-state index is 15.0. The number of aliphatic hydroxyl groups is 2. The summed E-state index contributed by atoms with van der Waals surface area (Å²) in [5.74, 6) is -0.711. The monoisotopic (exact) mass is 439 g/mol. The van der Waals surface area contributed by atoms with Crippen LogP contribution in [0.15, 0.2) is 42.5 Å². The van der Waals surface area contributed by atoms with Crippen molar-refractivity contribution in [2.45, 2.75) is 70.1 Å². The molecule has 32 heavy (non-hydrogen) atoms. The molecule has 170 valence electrons. The highest BCUT2D eigenvalue weighted by Gasteiger charge is 2.38. The molecule has 1 amide bonds. The fourth-order valence-corrected chi connectivity index (χ4v) is 4.41. The van der Waals surface area contributed by atoms with Gasteiger partial charge in [-0.25, -0.2) is 9.37 Å². The molecule has 6 nitrogen and oxygen atoms in total. The van der Waals surface area contributed by atoms with E-state index in [0.29, 0.717) is 16.6 Å². The Labute approximate surface area is 187 Å². The van der Waals surface area contributed by atoms with Gasteiger partial charge in [0.2, 0.25) is 11.9 Å². The van der Waals surface area contributed by atoms with E-state index >= 15 is 0 Å². The lowest BCUT2D eigenvalue weighted by atomic mass is 9.78. The van der Waals surface area contributed by atoms with Crippen molar-refractivity contribution in [1.29, 1.82) is 0 Å². The minimum atomic E-state index is -1.36. The Bertz CT molecular complexity index is 1160. The average Bonchev–Trinajstić information content (AvgIpc) is 3.04. The molecule has 3 N–H and O–H groups in total. The molecule has 1 aromatic heterocycles. The minimum absolute atomic E-state index is 0.149. The fraction of sp³-hybridized carbons (Fsp3) is 0.440. The van der Waals surface area contributed by atoms with Crippen LogP contribution in [0.4, 0.5) is 10.3 Å². The molecule has 1 atom stereocenters. The van der Waals surface area contributed by atoms with Crippen molar-refractivity contribution in [1.82, 2.24) is 9.55 Å². The Hall–Kier alpha value is -2.77. The Morgan fingerprint density at radius 2 is 1.81 bits per heavy atom. The lowest BCUT2D eigenvalue weighted by Gasteiger charge is -2.41. The summed E-state index contributed by atoms with van der Waals surface area (Å²) in [6, 6.07) is 12.0. The maximum atomic E-state index is 15.0. The molecule has 0 bridgehead atoms. The Morgan fingerprint density at radius 1 is 1.16 bits per heavy atom. The first-order chi connectivity index (χ1) is 14.9. The highest BCUT2D eigenvalue weighted by atomic mass is 19.1. The molecule has 1 heterocycles. The Morgan fingerprint density at radius 3 is 2.38 bits per heavy atom. The summed E-state index contributed by atoms with van der Waals surface area (Å²) in [5, 5.41) is 24.1. The molecule has 0 spiro atoms. The van der Waals surface area contributed by atoms with Crippen molar-refractivity contribution < 1.29 is 19.4 Å². The van der Waals surface area contributed by atoms with Gasteiger partial charge in [-0.05, 0) is 70.2 Å². The van der Waals surface area contributed by atoms with E-state index in [9.17, 15) is 19.4 Å². The highest BCUT2D eigenvalue weighted by molar-refractivity contribution is 5.92. The predicted octanol–water partition coefficient (Wildman–Crippen LogP) is 4.54. The highest BCUT2D eigenvalue weighted by Crippen LogP contribution is 2.44. The summed E-state index contributed by atoms with van der Waals surface area (Å²) in [6.45, 7) is 6.86. The Kier molecular flexibility index (Phi) is 5.38. The van der Waals surface area contributed by atoms with Gasteiger partial charge >= 0.3 is 0 Å². The molecule has 7 heteroatoms. The number of amides is 1. The molecule has 1 saturated carbocycles. The van der Waals surface area contributed by atoms with Gasteiger partial charge in [0.25, 0.3) is 0 Å². The second-order valence-corrected chi connectivity index (χ2v) is 9.87. The minimum Gasteiger partial charge on any atom is -0.386 e. The summed E-state index contributed by atoms with van der Waals surface area (Å²) in [5.41, 5.74) is -1.13. The van der Waals surface area contributed by atoms with E-state index in [1.165, 1.54) is 6.07 Å². The molecular weight excluding hydrogens is 409 g/mol. The van der Waals surface area contributed by atoms with E-state index in [0.717, 1.165) is 19.3 Å². The predicted molar refractivity (Wildman–Crippen MR) is 122 cm³/mol. The maximum Gasteiger partial charge on any atom is 0.229 e. The number of halogens is 1. The van der Waals surface area contributed by atoms with Gasteiger partial charge in [0, 0.05) is 5.54 Å². The van der Waals surface area contributed by atoms with Crippen LogP contribution in [0.2, 0.25) is 0 Å². The van der Waals surface area contributed by atoms with Crippen LogP contribution in [0.25, 0.3) is 11.0 Å². The number of imidazole rings is 1. The Balaban J connectivity index is 1.73. The van der Waals surface area contributed by atoms with E-state index in [2.05, 4.69) is 17.2 Å². The molecule has 1 aliphatic carbocycles. The molecule has 1 unspecified atom stereocenters. The lowest BCUT2D eigenvalue weighted by molar-refractivity contribution is -0.120. The number of aromatic nitrogens is 2. The van der Waals surface area contributed by atoms with Crippen LogP contribution in [0, 0.1) is 5.82 Å². The third-order valence-electron chi connectivity index (χ3n) is 6.54. The number of carbonyl (C=O) groups excluding carboxylic acids is 1. The van der Waals surface area contributed by atoms with Crippen molar-refractivity contribution in [2.75, 3.05) is 5.32 Å². The zero-order valence-corrected chi connectivity index (χ0v) is 18.9. The van der Waals surface area contributed by atoms with Gasteiger partial charge in [0.15, 0.2) is 5.82 Å². The molecule has 0 aliphatic heterocycles. The first-order valence-corrected chi connectivity index (χ1v) is 10.9. The van der Waals surface area contributed by atoms with Gasteiger partial charge in [-0.2, -0.15) is 0 Å². The number of rotatable bonds is 6. The third kappa shape index (κ3) is 4.02. The number of nitrogens with one attached hydrogen (secondary N) is 1. The number of hydrogen-bond acceptors (Lipinski definition) is 4. The van der Waals surface area contributed by atoms with Crippen LogP contribution in [-0.2, 0) is 21.5 Å². The number of hydrogen-bond donors (Lipinski definition) is 3. The standard InChI is InChI=1S/C25H30FN3O3/c1-23(2,31)17-13-18(26)21-19(14-17)29(24(3)11-8-12-24)22(28-21)27-20(30)15-25(4,32)16-9-6-5-7-10-16/h5-7,9-10,13-14,31-32H,8,11-12,15H2,1-4H3,(H,27,28,30). The van der Waals surface area contributed by atoms with E-state index in [1.807, 2.05) is 22.8 Å². The zero-order chi connectivity index (χ0) is 23.3. The largest absolute Gasteiger partial charge is 0.386 e. The fourth-order valence-electron chi connectivity index (χ4n) is 4.41. The number of carbonyl (C=O) groups is 1. The van der Waals surface area contributed by atoms with Crippen molar-refractivity contribution in [3.05, 3.63) is 59.4 Å². The molecule has 2 aromatic carbocycles. The molecule has 1 fully saturated rings. The van der Waals surface area contributed by atoms with Crippen LogP contribution in [0.1, 0.15) is 64.5 Å². The normalized spacial score (nSPS) is 17.6. The molecule has 4 rings (SSSR count). The van der Waals surface area contributed by atoms with Crippen molar-refractivity contribution in [3.8, 4) is 0 Å². The van der Waals surface area contributed by atoms with Crippen LogP contribution in [0.5, 0.6) is 0 Å². The molecular formula is C25H30FN3O3. The smallest absolute Gasteiger partial charge is 0.229 e. The van der Waals surface area contributed by atoms with Crippen molar-refractivity contribution >= 4 is 22.9 Å². The van der Waals surface area contributed by atoms with E-state index in [4.69, 9.17) is 0 Å². The first-order valence-electron chi connectivity index (χ1n) is 10.9. The first kappa shape index (κ1) is 22.4. The topological polar surface area (TPSA) is 87.4 Å². The van der Waals surface area contributed by atoms with E-state index < -0.39 is 22.9 Å². The van der Waals surface area contributed by atoms with Gasteiger partial charge in [-0.1, -0.05) is 30.3 Å². The summed E-state index contributed by atoms with van der Waals surface area (Å²) in [6.07, 6.45) is 2.60. The SMILES string of the molecule is CC(C)(O)c1cc(F)c2nc(NC(=O)CC(C)(O)c3ccccc3)n(C3(C)CCC3)c2c1. The third-order valence-corrected chi connectivity index (χ3v) is 6.54. The van der Waals surface area contributed by atoms with E-state index in [-0.39, 0.29) is 23.4 Å². The number of benzene rings is 2. The molecule has 0 saturated heterocycles. The van der Waals surface area contributed by atoms with E-state index in [1.54, 1.807) is 39.0 Å². The van der Waals surface area contributed by atoms with Crippen molar-refractivity contribution in [2.24, 2.45) is 0 Å². The van der Waals surface area contributed by atoms with Gasteiger partial charge in [-0.3, -0.25) is 10.1 Å². The second-order valence-electron chi connectivity index (χ2n) is 9.87. The number of fused-ring (bicyclic) bond motifs is 1. The van der Waals surface area contributed by atoms with Crippen LogP contribution in [0.3, 0.4) is 0 Å². The summed E-state index contributed by atoms with van der Waals surface area (Å²) < 4.78 is 16.8. The van der Waals surface area contributed by atoms with Gasteiger partial charge in [0.1, 0.15) is 5.52 Å². The van der Waals surface area contributed by atoms with Crippen molar-refractivity contribution in [3.63, 3.8) is 0 Å². The summed E-state index contributed by atoms with van der Waals surface area (Å²) in [7, 11) is 0. The molecule has 3 aromatic rings. The lowest BCUT2D eigenvalue weighted by Crippen LogP contribution is -2.39. The van der Waals surface area contributed by atoms with Gasteiger partial charge in [0.05, 0.1) is 23.1 Å². The number of anilines is 1. The van der Waals surface area contributed by atoms with Crippen LogP contribution < -0.4 is 5.32 Å². The van der Waals surface area contributed by atoms with Gasteiger partial charge in [-0.15, -0.1) is 0 Å². The second kappa shape index (κ2) is 7.67.